The largest absolute Gasteiger partial charge is 0.497 e. The van der Waals surface area contributed by atoms with Crippen molar-refractivity contribution >= 4 is 28.7 Å². The minimum absolute atomic E-state index is 0.00529. The molecule has 5 heteroatoms. The minimum Gasteiger partial charge on any atom is -0.497 e. The first-order valence-corrected chi connectivity index (χ1v) is 13.4. The van der Waals surface area contributed by atoms with Crippen molar-refractivity contribution < 1.29 is 19.1 Å². The number of ketones is 1. The fourth-order valence-electron chi connectivity index (χ4n) is 4.92. The van der Waals surface area contributed by atoms with Crippen LogP contribution < -0.4 is 4.74 Å². The highest BCUT2D eigenvalue weighted by atomic mass is 16.5. The van der Waals surface area contributed by atoms with Gasteiger partial charge in [-0.2, -0.15) is 0 Å². The van der Waals surface area contributed by atoms with Gasteiger partial charge in [-0.3, -0.25) is 9.59 Å². The first-order chi connectivity index (χ1) is 18.9. The van der Waals surface area contributed by atoms with E-state index in [1.54, 1.807) is 7.11 Å². The molecule has 206 valence electrons. The molecule has 0 unspecified atom stereocenters. The molecule has 0 fully saturated rings. The van der Waals surface area contributed by atoms with Crippen LogP contribution in [0.1, 0.15) is 49.9 Å². The summed E-state index contributed by atoms with van der Waals surface area (Å²) in [4.78, 5) is 31.8. The van der Waals surface area contributed by atoms with Crippen LogP contribution in [0.2, 0.25) is 0 Å². The van der Waals surface area contributed by atoms with Crippen molar-refractivity contribution in [2.45, 2.75) is 41.5 Å². The average Bonchev–Trinajstić information content (AvgIpc) is 2.95. The molecule has 3 aromatic carbocycles. The molecule has 4 rings (SSSR count). The Morgan fingerprint density at radius 3 is 1.85 bits per heavy atom. The number of carbonyl (C=O) groups excluding carboxylic acids is 2. The van der Waals surface area contributed by atoms with Gasteiger partial charge in [0, 0.05) is 11.1 Å². The van der Waals surface area contributed by atoms with Crippen molar-refractivity contribution in [2.75, 3.05) is 14.2 Å². The Kier molecular flexibility index (Phi) is 7.97. The Bertz CT molecular complexity index is 1520. The Morgan fingerprint density at radius 1 is 0.825 bits per heavy atom. The van der Waals surface area contributed by atoms with Crippen LogP contribution in [-0.2, 0) is 14.3 Å². The van der Waals surface area contributed by atoms with E-state index in [0.717, 1.165) is 39.1 Å². The zero-order valence-electron chi connectivity index (χ0n) is 24.6. The van der Waals surface area contributed by atoms with Crippen LogP contribution in [0.15, 0.2) is 95.0 Å². The Labute approximate surface area is 237 Å². The van der Waals surface area contributed by atoms with Gasteiger partial charge in [-0.1, -0.05) is 65.7 Å². The van der Waals surface area contributed by atoms with Crippen molar-refractivity contribution in [3.05, 3.63) is 112 Å². The smallest absolute Gasteiger partial charge is 0.315 e. The molecule has 1 aliphatic carbocycles. The highest BCUT2D eigenvalue weighted by Crippen LogP contribution is 2.48. The molecule has 0 heterocycles. The summed E-state index contributed by atoms with van der Waals surface area (Å²) < 4.78 is 10.5. The van der Waals surface area contributed by atoms with Crippen molar-refractivity contribution in [1.82, 2.24) is 0 Å². The van der Waals surface area contributed by atoms with Gasteiger partial charge in [0.25, 0.3) is 0 Å². The number of allylic oxidation sites excluding steroid dienone is 3. The monoisotopic (exact) mass is 535 g/mol. The molecule has 0 atom stereocenters. The maximum Gasteiger partial charge on any atom is 0.315 e. The summed E-state index contributed by atoms with van der Waals surface area (Å²) in [6, 6.07) is 23.5. The summed E-state index contributed by atoms with van der Waals surface area (Å²) in [5.74, 6) is 0.383. The number of hydrogen-bond donors (Lipinski definition) is 0. The number of aliphatic imine (C=N–C) groups is 1. The number of carbonyl (C=O) groups is 2. The van der Waals surface area contributed by atoms with Crippen molar-refractivity contribution in [2.24, 2.45) is 15.8 Å². The lowest BCUT2D eigenvalue weighted by Gasteiger charge is -2.39. The highest BCUT2D eigenvalue weighted by Gasteiger charge is 2.48. The molecule has 0 saturated heterocycles. The molecule has 5 nitrogen and oxygen atoms in total. The number of esters is 1. The Morgan fingerprint density at radius 2 is 1.35 bits per heavy atom. The van der Waals surface area contributed by atoms with Crippen LogP contribution in [0.5, 0.6) is 5.75 Å². The maximum atomic E-state index is 13.8. The second-order valence-corrected chi connectivity index (χ2v) is 11.3. The van der Waals surface area contributed by atoms with Gasteiger partial charge < -0.3 is 9.47 Å². The predicted molar refractivity (Wildman–Crippen MR) is 161 cm³/mol. The molecule has 0 saturated carbocycles. The molecule has 0 N–H and O–H groups in total. The minimum atomic E-state index is -0.964. The summed E-state index contributed by atoms with van der Waals surface area (Å²) in [6.07, 6.45) is 2.00. The second kappa shape index (κ2) is 11.1. The van der Waals surface area contributed by atoms with Crippen molar-refractivity contribution in [1.29, 1.82) is 0 Å². The summed E-state index contributed by atoms with van der Waals surface area (Å²) >= 11 is 0. The topological polar surface area (TPSA) is 65.0 Å². The summed E-state index contributed by atoms with van der Waals surface area (Å²) in [5.41, 5.74) is 5.71. The number of Topliss-reactive ketones (excluding diaryl/α,β-unsaturated/α-hetero) is 1. The SMILES string of the molecule is COC(=O)C(C)(C)/C(=C\C1=C(C(=Nc2ccc(OC)cc2)c2ccc(C)cc2)C(=O)C1(C)C)c1ccc(C)cc1. The van der Waals surface area contributed by atoms with E-state index in [-0.39, 0.29) is 11.8 Å². The molecule has 0 aromatic heterocycles. The standard InChI is InChI=1S/C35H37NO4/c1-22-9-13-24(14-10-22)28(35(5,6)33(38)40-8)21-29-30(32(37)34(29,3)4)31(25-15-11-23(2)12-16-25)36-26-17-19-27(39-7)20-18-26/h9-21H,1-8H3/b28-21-,36-31?. The van der Waals surface area contributed by atoms with Crippen LogP contribution in [0.25, 0.3) is 5.57 Å². The molecular weight excluding hydrogens is 498 g/mol. The van der Waals surface area contributed by atoms with E-state index in [0.29, 0.717) is 17.0 Å². The molecule has 1 aliphatic rings. The van der Waals surface area contributed by atoms with Gasteiger partial charge in [0.2, 0.25) is 0 Å². The zero-order valence-corrected chi connectivity index (χ0v) is 24.6. The Hall–Kier alpha value is -4.25. The summed E-state index contributed by atoms with van der Waals surface area (Å²) in [5, 5.41) is 0. The molecule has 0 radical (unpaired) electrons. The Balaban J connectivity index is 2.01. The highest BCUT2D eigenvalue weighted by molar-refractivity contribution is 6.36. The van der Waals surface area contributed by atoms with E-state index in [9.17, 15) is 9.59 Å². The third-order valence-electron chi connectivity index (χ3n) is 7.63. The van der Waals surface area contributed by atoms with E-state index >= 15 is 0 Å². The third kappa shape index (κ3) is 5.42. The molecule has 0 bridgehead atoms. The fourth-order valence-corrected chi connectivity index (χ4v) is 4.92. The fraction of sp³-hybridized carbons (Fsp3) is 0.286. The van der Waals surface area contributed by atoms with Crippen LogP contribution in [0, 0.1) is 24.7 Å². The molecular formula is C35H37NO4. The van der Waals surface area contributed by atoms with Gasteiger partial charge >= 0.3 is 5.97 Å². The zero-order chi connectivity index (χ0) is 29.2. The number of methoxy groups -OCH3 is 2. The van der Waals surface area contributed by atoms with E-state index in [1.807, 2.05) is 120 Å². The van der Waals surface area contributed by atoms with E-state index in [2.05, 4.69) is 0 Å². The van der Waals surface area contributed by atoms with E-state index in [1.165, 1.54) is 7.11 Å². The van der Waals surface area contributed by atoms with Crippen molar-refractivity contribution in [3.63, 3.8) is 0 Å². The van der Waals surface area contributed by atoms with Gasteiger partial charge in [-0.15, -0.1) is 0 Å². The molecule has 3 aromatic rings. The normalized spacial score (nSPS) is 15.6. The number of rotatable bonds is 8. The van der Waals surface area contributed by atoms with Gasteiger partial charge in [-0.25, -0.2) is 4.99 Å². The van der Waals surface area contributed by atoms with Gasteiger partial charge in [0.05, 0.1) is 36.4 Å². The van der Waals surface area contributed by atoms with E-state index in [4.69, 9.17) is 14.5 Å². The van der Waals surface area contributed by atoms with Gasteiger partial charge in [0.1, 0.15) is 5.75 Å². The maximum absolute atomic E-state index is 13.8. The average molecular weight is 536 g/mol. The lowest BCUT2D eigenvalue weighted by molar-refractivity contribution is -0.147. The molecule has 0 aliphatic heterocycles. The summed E-state index contributed by atoms with van der Waals surface area (Å²) in [7, 11) is 3.02. The van der Waals surface area contributed by atoms with Crippen LogP contribution in [0.4, 0.5) is 5.69 Å². The summed E-state index contributed by atoms with van der Waals surface area (Å²) in [6.45, 7) is 11.6. The third-order valence-corrected chi connectivity index (χ3v) is 7.63. The number of nitrogens with zero attached hydrogens (tertiary/aromatic N) is 1. The van der Waals surface area contributed by atoms with Crippen LogP contribution >= 0.6 is 0 Å². The van der Waals surface area contributed by atoms with Crippen LogP contribution in [-0.4, -0.2) is 31.7 Å². The van der Waals surface area contributed by atoms with Gasteiger partial charge in [-0.05, 0) is 82.5 Å². The second-order valence-electron chi connectivity index (χ2n) is 11.3. The quantitative estimate of drug-likeness (QED) is 0.220. The predicted octanol–water partition coefficient (Wildman–Crippen LogP) is 7.62. The lowest BCUT2D eigenvalue weighted by atomic mass is 9.61. The number of ether oxygens (including phenoxy) is 2. The van der Waals surface area contributed by atoms with E-state index < -0.39 is 10.8 Å². The first-order valence-electron chi connectivity index (χ1n) is 13.4. The molecule has 0 spiro atoms. The van der Waals surface area contributed by atoms with Crippen LogP contribution in [0.3, 0.4) is 0 Å². The molecule has 0 amide bonds. The number of aryl methyl sites for hydroxylation is 2. The molecule has 40 heavy (non-hydrogen) atoms. The van der Waals surface area contributed by atoms with Crippen molar-refractivity contribution in [3.8, 4) is 5.75 Å². The first kappa shape index (κ1) is 28.8. The van der Waals surface area contributed by atoms with Gasteiger partial charge in [0.15, 0.2) is 5.78 Å². The number of benzene rings is 3. The number of hydrogen-bond acceptors (Lipinski definition) is 5. The lowest BCUT2D eigenvalue weighted by Crippen LogP contribution is -2.42.